The van der Waals surface area contributed by atoms with Gasteiger partial charge in [-0.3, -0.25) is 0 Å². The molecule has 2 nitrogen and oxygen atoms in total. The lowest BCUT2D eigenvalue weighted by atomic mass is 10.7. The first-order valence-electron chi connectivity index (χ1n) is 3.20. The van der Waals surface area contributed by atoms with E-state index in [1.165, 1.54) is 11.8 Å². The highest BCUT2D eigenvalue weighted by molar-refractivity contribution is 7.99. The van der Waals surface area contributed by atoms with Crippen molar-refractivity contribution in [2.75, 3.05) is 0 Å². The average Bonchev–Trinajstić information content (AvgIpc) is 2.60. The second-order valence-electron chi connectivity index (χ2n) is 1.97. The molecule has 0 aliphatic carbocycles. The molecule has 0 saturated heterocycles. The summed E-state index contributed by atoms with van der Waals surface area (Å²) >= 11 is 1.47. The van der Waals surface area contributed by atoms with Crippen molar-refractivity contribution in [3.8, 4) is 0 Å². The number of hydrogen-bond acceptors (Lipinski definition) is 3. The molecular formula is C8H6O2S. The number of rotatable bonds is 2. The molecule has 0 aliphatic heterocycles. The SMILES string of the molecule is c1coc(Sc2ccco2)c1. The Balaban J connectivity index is 2.14. The zero-order valence-electron chi connectivity index (χ0n) is 5.69. The quantitative estimate of drug-likeness (QED) is 0.685. The maximum Gasteiger partial charge on any atom is 0.167 e. The molecule has 0 bridgehead atoms. The van der Waals surface area contributed by atoms with Crippen LogP contribution in [-0.2, 0) is 0 Å². The Kier molecular flexibility index (Phi) is 1.73. The van der Waals surface area contributed by atoms with Crippen LogP contribution in [0, 0.1) is 0 Å². The van der Waals surface area contributed by atoms with Crippen molar-refractivity contribution < 1.29 is 8.83 Å². The Labute approximate surface area is 68.2 Å². The van der Waals surface area contributed by atoms with E-state index in [1.54, 1.807) is 12.5 Å². The van der Waals surface area contributed by atoms with E-state index in [9.17, 15) is 0 Å². The maximum absolute atomic E-state index is 5.11. The van der Waals surface area contributed by atoms with Crippen LogP contribution in [0.25, 0.3) is 0 Å². The van der Waals surface area contributed by atoms with Gasteiger partial charge in [0, 0.05) is 0 Å². The summed E-state index contributed by atoms with van der Waals surface area (Å²) in [6.07, 6.45) is 3.29. The molecular weight excluding hydrogens is 160 g/mol. The van der Waals surface area contributed by atoms with Crippen LogP contribution < -0.4 is 0 Å². The van der Waals surface area contributed by atoms with Crippen LogP contribution in [0.1, 0.15) is 0 Å². The third-order valence-corrected chi connectivity index (χ3v) is 2.06. The molecule has 0 atom stereocenters. The highest BCUT2D eigenvalue weighted by Gasteiger charge is 2.00. The molecule has 11 heavy (non-hydrogen) atoms. The molecule has 0 aromatic carbocycles. The molecule has 0 spiro atoms. The zero-order valence-corrected chi connectivity index (χ0v) is 6.51. The Morgan fingerprint density at radius 3 is 1.82 bits per heavy atom. The minimum Gasteiger partial charge on any atom is -0.458 e. The van der Waals surface area contributed by atoms with Crippen molar-refractivity contribution in [2.45, 2.75) is 10.2 Å². The standard InChI is InChI=1S/C8H6O2S/c1-3-7(9-5-1)11-8-4-2-6-10-8/h1-6H. The van der Waals surface area contributed by atoms with Crippen LogP contribution in [0.3, 0.4) is 0 Å². The Morgan fingerprint density at radius 2 is 1.45 bits per heavy atom. The lowest BCUT2D eigenvalue weighted by molar-refractivity contribution is 0.454. The Hall–Kier alpha value is -1.09. The van der Waals surface area contributed by atoms with Gasteiger partial charge in [0.05, 0.1) is 12.5 Å². The highest BCUT2D eigenvalue weighted by Crippen LogP contribution is 2.27. The molecule has 0 amide bonds. The predicted molar refractivity (Wildman–Crippen MR) is 41.5 cm³/mol. The topological polar surface area (TPSA) is 26.3 Å². The van der Waals surface area contributed by atoms with Gasteiger partial charge < -0.3 is 8.83 Å². The van der Waals surface area contributed by atoms with E-state index in [1.807, 2.05) is 24.3 Å². The Morgan fingerprint density at radius 1 is 0.909 bits per heavy atom. The van der Waals surface area contributed by atoms with Crippen LogP contribution in [0.5, 0.6) is 0 Å². The average molecular weight is 166 g/mol. The van der Waals surface area contributed by atoms with E-state index in [2.05, 4.69) is 0 Å². The predicted octanol–water partition coefficient (Wildman–Crippen LogP) is 3.02. The molecule has 2 heterocycles. The van der Waals surface area contributed by atoms with E-state index in [4.69, 9.17) is 8.83 Å². The summed E-state index contributed by atoms with van der Waals surface area (Å²) in [5.41, 5.74) is 0. The second kappa shape index (κ2) is 2.88. The fourth-order valence-corrected chi connectivity index (χ4v) is 1.44. The van der Waals surface area contributed by atoms with Crippen LogP contribution in [0.2, 0.25) is 0 Å². The summed E-state index contributed by atoms with van der Waals surface area (Å²) in [5.74, 6) is 0. The minimum atomic E-state index is 0.847. The number of furan rings is 2. The second-order valence-corrected chi connectivity index (χ2v) is 2.98. The van der Waals surface area contributed by atoms with Crippen LogP contribution in [-0.4, -0.2) is 0 Å². The van der Waals surface area contributed by atoms with Crippen molar-refractivity contribution in [1.82, 2.24) is 0 Å². The Bertz CT molecular complexity index is 264. The van der Waals surface area contributed by atoms with E-state index in [0.717, 1.165) is 10.2 Å². The van der Waals surface area contributed by atoms with Gasteiger partial charge in [0.2, 0.25) is 0 Å². The first-order valence-corrected chi connectivity index (χ1v) is 4.02. The molecule has 0 radical (unpaired) electrons. The van der Waals surface area contributed by atoms with E-state index < -0.39 is 0 Å². The van der Waals surface area contributed by atoms with Crippen molar-refractivity contribution in [3.05, 3.63) is 36.8 Å². The maximum atomic E-state index is 5.11. The van der Waals surface area contributed by atoms with E-state index in [0.29, 0.717) is 0 Å². The van der Waals surface area contributed by atoms with Crippen LogP contribution in [0.4, 0.5) is 0 Å². The monoisotopic (exact) mass is 166 g/mol. The van der Waals surface area contributed by atoms with Gasteiger partial charge in [-0.05, 0) is 36.0 Å². The molecule has 2 rings (SSSR count). The third kappa shape index (κ3) is 1.49. The molecule has 0 aliphatic rings. The lowest BCUT2D eigenvalue weighted by Crippen LogP contribution is -1.59. The summed E-state index contributed by atoms with van der Waals surface area (Å²) in [6, 6.07) is 7.50. The molecule has 2 aromatic rings. The fourth-order valence-electron chi connectivity index (χ4n) is 0.742. The molecule has 0 saturated carbocycles. The molecule has 56 valence electrons. The van der Waals surface area contributed by atoms with E-state index >= 15 is 0 Å². The number of hydrogen-bond donors (Lipinski definition) is 0. The van der Waals surface area contributed by atoms with E-state index in [-0.39, 0.29) is 0 Å². The highest BCUT2D eigenvalue weighted by atomic mass is 32.2. The normalized spacial score (nSPS) is 10.2. The van der Waals surface area contributed by atoms with Crippen LogP contribution in [0.15, 0.2) is 55.8 Å². The molecule has 2 aromatic heterocycles. The van der Waals surface area contributed by atoms with Gasteiger partial charge in [0.1, 0.15) is 0 Å². The van der Waals surface area contributed by atoms with Crippen molar-refractivity contribution >= 4 is 11.8 Å². The molecule has 3 heteroatoms. The summed E-state index contributed by atoms with van der Waals surface area (Å²) in [4.78, 5) is 0. The summed E-state index contributed by atoms with van der Waals surface area (Å²) in [7, 11) is 0. The van der Waals surface area contributed by atoms with Gasteiger partial charge in [-0.2, -0.15) is 0 Å². The van der Waals surface area contributed by atoms with Gasteiger partial charge in [-0.15, -0.1) is 0 Å². The van der Waals surface area contributed by atoms with Crippen molar-refractivity contribution in [3.63, 3.8) is 0 Å². The first kappa shape index (κ1) is 6.61. The summed E-state index contributed by atoms with van der Waals surface area (Å²) in [6.45, 7) is 0. The molecule has 0 unspecified atom stereocenters. The van der Waals surface area contributed by atoms with Gasteiger partial charge in [0.15, 0.2) is 10.2 Å². The molecule has 0 fully saturated rings. The van der Waals surface area contributed by atoms with Crippen molar-refractivity contribution in [1.29, 1.82) is 0 Å². The summed E-state index contributed by atoms with van der Waals surface area (Å²) < 4.78 is 10.2. The largest absolute Gasteiger partial charge is 0.458 e. The molecule has 0 N–H and O–H groups in total. The van der Waals surface area contributed by atoms with Gasteiger partial charge >= 0.3 is 0 Å². The smallest absolute Gasteiger partial charge is 0.167 e. The summed E-state index contributed by atoms with van der Waals surface area (Å²) in [5, 5.41) is 1.69. The van der Waals surface area contributed by atoms with Gasteiger partial charge in [-0.1, -0.05) is 0 Å². The lowest BCUT2D eigenvalue weighted by Gasteiger charge is -1.88. The fraction of sp³-hybridized carbons (Fsp3) is 0. The zero-order chi connectivity index (χ0) is 7.52. The minimum absolute atomic E-state index is 0.847. The third-order valence-electron chi connectivity index (χ3n) is 1.19. The van der Waals surface area contributed by atoms with Crippen LogP contribution >= 0.6 is 11.8 Å². The first-order chi connectivity index (χ1) is 5.45. The van der Waals surface area contributed by atoms with Gasteiger partial charge in [-0.25, -0.2) is 0 Å². The van der Waals surface area contributed by atoms with Gasteiger partial charge in [0.25, 0.3) is 0 Å². The van der Waals surface area contributed by atoms with Crippen molar-refractivity contribution in [2.24, 2.45) is 0 Å².